The Labute approximate surface area is 305 Å². The van der Waals surface area contributed by atoms with E-state index in [2.05, 4.69) is 0 Å². The Morgan fingerprint density at radius 2 is 0.642 bits per heavy atom. The van der Waals surface area contributed by atoms with Crippen LogP contribution in [-0.2, 0) is 90.5 Å². The third kappa shape index (κ3) is 18.2. The number of rotatable bonds is 12. The van der Waals surface area contributed by atoms with Crippen molar-refractivity contribution in [2.24, 2.45) is 0 Å². The summed E-state index contributed by atoms with van der Waals surface area (Å²) in [7, 11) is 0. The van der Waals surface area contributed by atoms with E-state index in [-0.39, 0.29) is 13.2 Å². The molecule has 10 atom stereocenters. The van der Waals surface area contributed by atoms with Gasteiger partial charge in [-0.15, -0.1) is 0 Å². The fourth-order valence-electron chi connectivity index (χ4n) is 4.73. The monoisotopic (exact) mass is 770 g/mol. The van der Waals surface area contributed by atoms with Crippen molar-refractivity contribution in [1.82, 2.24) is 0 Å². The standard InChI is InChI=1S/C28H38O19.2C2H6O/c1-11(29)37-9-19-21(39-13(3)31)23(41-15(5)33)25(43-17(7)35)27(45-19)47-28-26(44-18(8)36)24(42-16(6)34)22(40-14(4)32)20(46-28)10-38-12(2)30;2*1-2-3/h19-28H,9-10H2,1-8H3;2*3H,2H2,1H3/t19-,20-,21-,22-,23+,24+,25-,26-,27-,28-;;/m1../s1. The molecule has 0 spiro atoms. The first-order valence-electron chi connectivity index (χ1n) is 16.2. The van der Waals surface area contributed by atoms with Crippen molar-refractivity contribution in [3.8, 4) is 0 Å². The van der Waals surface area contributed by atoms with E-state index in [0.29, 0.717) is 0 Å². The van der Waals surface area contributed by atoms with Crippen molar-refractivity contribution in [2.75, 3.05) is 26.4 Å². The first-order valence-corrected chi connectivity index (χ1v) is 16.2. The van der Waals surface area contributed by atoms with Gasteiger partial charge in [-0.05, 0) is 13.8 Å². The summed E-state index contributed by atoms with van der Waals surface area (Å²) >= 11 is 0. The van der Waals surface area contributed by atoms with Crippen molar-refractivity contribution in [1.29, 1.82) is 0 Å². The maximum atomic E-state index is 12.2. The number of aliphatic hydroxyl groups excluding tert-OH is 2. The van der Waals surface area contributed by atoms with Crippen molar-refractivity contribution in [3.05, 3.63) is 0 Å². The van der Waals surface area contributed by atoms with E-state index < -0.39 is 122 Å². The van der Waals surface area contributed by atoms with Crippen molar-refractivity contribution < 1.29 is 101 Å². The third-order valence-corrected chi connectivity index (χ3v) is 6.16. The topological polar surface area (TPSA) is 279 Å². The van der Waals surface area contributed by atoms with Gasteiger partial charge in [0.2, 0.25) is 12.6 Å². The molecule has 0 aromatic heterocycles. The summed E-state index contributed by atoms with van der Waals surface area (Å²) in [6, 6.07) is 0. The molecule has 2 saturated heterocycles. The number of carbonyl (C=O) groups excluding carboxylic acids is 8. The lowest BCUT2D eigenvalue weighted by atomic mass is 9.96. The molecule has 2 heterocycles. The number of hydrogen-bond donors (Lipinski definition) is 2. The minimum Gasteiger partial charge on any atom is -0.463 e. The molecule has 0 aliphatic carbocycles. The summed E-state index contributed by atoms with van der Waals surface area (Å²) in [5.74, 6) is -6.98. The Morgan fingerprint density at radius 1 is 0.415 bits per heavy atom. The van der Waals surface area contributed by atoms with Crippen LogP contribution >= 0.6 is 0 Å². The SMILES string of the molecule is CC(=O)OC[C@H]1O[C@H](O[C@H]2O[C@H](COC(C)=O)[C@@H](OC(C)=O)[C@H](OC(C)=O)[C@H]2OC(C)=O)[C@H](OC(C)=O)[C@@H](OC(C)=O)[C@@H]1OC(C)=O.CCO.CCO. The predicted molar refractivity (Wildman–Crippen MR) is 171 cm³/mol. The van der Waals surface area contributed by atoms with Crippen LogP contribution in [0.2, 0.25) is 0 Å². The molecule has 0 saturated carbocycles. The molecule has 2 rings (SSSR count). The highest BCUT2D eigenvalue weighted by molar-refractivity contribution is 5.70. The maximum Gasteiger partial charge on any atom is 0.303 e. The van der Waals surface area contributed by atoms with E-state index >= 15 is 0 Å². The summed E-state index contributed by atoms with van der Waals surface area (Å²) in [6.45, 7) is 11.0. The molecule has 53 heavy (non-hydrogen) atoms. The Balaban J connectivity index is 0.00000420. The van der Waals surface area contributed by atoms with Crippen LogP contribution in [0.5, 0.6) is 0 Å². The molecular formula is C32H50O21. The van der Waals surface area contributed by atoms with Crippen LogP contribution in [0.1, 0.15) is 69.2 Å². The number of carbonyl (C=O) groups is 8. The Morgan fingerprint density at radius 3 is 0.868 bits per heavy atom. The van der Waals surface area contributed by atoms with E-state index in [1.165, 1.54) is 0 Å². The fourth-order valence-corrected chi connectivity index (χ4v) is 4.73. The van der Waals surface area contributed by atoms with Crippen molar-refractivity contribution in [3.63, 3.8) is 0 Å². The molecule has 2 N–H and O–H groups in total. The van der Waals surface area contributed by atoms with Crippen LogP contribution in [0.15, 0.2) is 0 Å². The predicted octanol–water partition coefficient (Wildman–Crippen LogP) is -0.834. The average molecular weight is 771 g/mol. The molecule has 2 aliphatic heterocycles. The van der Waals surface area contributed by atoms with E-state index in [0.717, 1.165) is 55.4 Å². The second-order valence-corrected chi connectivity index (χ2v) is 10.9. The molecule has 2 fully saturated rings. The van der Waals surface area contributed by atoms with Crippen LogP contribution in [0, 0.1) is 0 Å². The van der Waals surface area contributed by atoms with Crippen LogP contribution in [0.25, 0.3) is 0 Å². The van der Waals surface area contributed by atoms with E-state index in [1.54, 1.807) is 13.8 Å². The highest BCUT2D eigenvalue weighted by Gasteiger charge is 2.57. The smallest absolute Gasteiger partial charge is 0.303 e. The van der Waals surface area contributed by atoms with Crippen LogP contribution in [0.4, 0.5) is 0 Å². The molecule has 21 heteroatoms. The second kappa shape index (κ2) is 24.7. The molecule has 0 aromatic rings. The normalized spacial score (nSPS) is 27.3. The second-order valence-electron chi connectivity index (χ2n) is 10.9. The van der Waals surface area contributed by atoms with Crippen LogP contribution in [-0.4, -0.2) is 146 Å². The molecular weight excluding hydrogens is 720 g/mol. The fraction of sp³-hybridized carbons (Fsp3) is 0.750. The van der Waals surface area contributed by atoms with Gasteiger partial charge in [0.15, 0.2) is 36.6 Å². The van der Waals surface area contributed by atoms with Crippen LogP contribution < -0.4 is 0 Å². The molecule has 2 aliphatic rings. The lowest BCUT2D eigenvalue weighted by Gasteiger charge is -2.48. The van der Waals surface area contributed by atoms with Gasteiger partial charge in [0.25, 0.3) is 0 Å². The lowest BCUT2D eigenvalue weighted by Crippen LogP contribution is -2.66. The van der Waals surface area contributed by atoms with Gasteiger partial charge in [-0.25, -0.2) is 0 Å². The summed E-state index contributed by atoms with van der Waals surface area (Å²) in [5.41, 5.74) is 0. The zero-order valence-electron chi connectivity index (χ0n) is 31.3. The van der Waals surface area contributed by atoms with Gasteiger partial charge in [0, 0.05) is 68.6 Å². The van der Waals surface area contributed by atoms with Gasteiger partial charge in [-0.3, -0.25) is 38.4 Å². The number of ether oxygens (including phenoxy) is 11. The zero-order valence-corrected chi connectivity index (χ0v) is 31.3. The van der Waals surface area contributed by atoms with Crippen molar-refractivity contribution >= 4 is 47.8 Å². The maximum absolute atomic E-state index is 12.2. The Hall–Kier alpha value is -4.44. The molecule has 0 amide bonds. The third-order valence-electron chi connectivity index (χ3n) is 6.16. The quantitative estimate of drug-likeness (QED) is 0.181. The van der Waals surface area contributed by atoms with Gasteiger partial charge in [-0.2, -0.15) is 0 Å². The summed E-state index contributed by atoms with van der Waals surface area (Å²) < 4.78 is 60.1. The molecule has 0 aromatic carbocycles. The summed E-state index contributed by atoms with van der Waals surface area (Å²) in [4.78, 5) is 96.2. The number of aliphatic hydroxyl groups is 2. The minimum absolute atomic E-state index is 0.250. The lowest BCUT2D eigenvalue weighted by molar-refractivity contribution is -0.377. The van der Waals surface area contributed by atoms with E-state index in [1.807, 2.05) is 0 Å². The number of esters is 8. The summed E-state index contributed by atoms with van der Waals surface area (Å²) in [5, 5.41) is 15.1. The van der Waals surface area contributed by atoms with Gasteiger partial charge in [0.1, 0.15) is 25.4 Å². The Bertz CT molecular complexity index is 1140. The molecule has 21 nitrogen and oxygen atoms in total. The first kappa shape index (κ1) is 48.6. The van der Waals surface area contributed by atoms with Gasteiger partial charge in [0.05, 0.1) is 0 Å². The Kier molecular flexibility index (Phi) is 22.7. The van der Waals surface area contributed by atoms with E-state index in [9.17, 15) is 38.4 Å². The highest BCUT2D eigenvalue weighted by Crippen LogP contribution is 2.35. The van der Waals surface area contributed by atoms with Gasteiger partial charge in [-0.1, -0.05) is 0 Å². The average Bonchev–Trinajstić information content (AvgIpc) is 3.00. The molecule has 0 bridgehead atoms. The van der Waals surface area contributed by atoms with Crippen LogP contribution in [0.3, 0.4) is 0 Å². The number of hydrogen-bond acceptors (Lipinski definition) is 21. The summed E-state index contributed by atoms with van der Waals surface area (Å²) in [6.07, 6.45) is -16.3. The first-order chi connectivity index (χ1) is 24.7. The largest absolute Gasteiger partial charge is 0.463 e. The minimum atomic E-state index is -1.84. The molecule has 0 radical (unpaired) electrons. The van der Waals surface area contributed by atoms with E-state index in [4.69, 9.17) is 62.3 Å². The van der Waals surface area contributed by atoms with Gasteiger partial charge >= 0.3 is 47.8 Å². The zero-order chi connectivity index (χ0) is 41.0. The highest BCUT2D eigenvalue weighted by atomic mass is 16.8. The molecule has 0 unspecified atom stereocenters. The van der Waals surface area contributed by atoms with Crippen molar-refractivity contribution in [2.45, 2.75) is 131 Å². The molecule has 304 valence electrons. The van der Waals surface area contributed by atoms with Gasteiger partial charge < -0.3 is 62.3 Å².